The molecule has 2 N–H and O–H groups in total. The molecule has 7 nitrogen and oxygen atoms in total. The first kappa shape index (κ1) is 19.1. The second-order valence-electron chi connectivity index (χ2n) is 6.78. The van der Waals surface area contributed by atoms with Gasteiger partial charge in [-0.15, -0.1) is 0 Å². The van der Waals surface area contributed by atoms with Crippen molar-refractivity contribution in [3.05, 3.63) is 41.7 Å². The molecule has 1 saturated heterocycles. The van der Waals surface area contributed by atoms with Crippen LogP contribution in [0.5, 0.6) is 0 Å². The van der Waals surface area contributed by atoms with Gasteiger partial charge in [-0.3, -0.25) is 9.59 Å². The lowest BCUT2D eigenvalue weighted by Gasteiger charge is -2.20. The van der Waals surface area contributed by atoms with Gasteiger partial charge in [0.1, 0.15) is 5.82 Å². The highest BCUT2D eigenvalue weighted by atomic mass is 16.5. The lowest BCUT2D eigenvalue weighted by atomic mass is 9.95. The molecule has 1 fully saturated rings. The molecule has 0 radical (unpaired) electrons. The van der Waals surface area contributed by atoms with Crippen LogP contribution in [0, 0.1) is 0 Å². The summed E-state index contributed by atoms with van der Waals surface area (Å²) in [5.41, 5.74) is 2.67. The van der Waals surface area contributed by atoms with Gasteiger partial charge < -0.3 is 19.9 Å². The van der Waals surface area contributed by atoms with E-state index in [2.05, 4.69) is 21.6 Å². The first-order chi connectivity index (χ1) is 13.1. The minimum atomic E-state index is -0.343. The minimum Gasteiger partial charge on any atom is -0.469 e. The average molecular weight is 370 g/mol. The van der Waals surface area contributed by atoms with E-state index in [0.717, 1.165) is 43.0 Å². The lowest BCUT2D eigenvalue weighted by Crippen LogP contribution is -2.26. The van der Waals surface area contributed by atoms with E-state index in [4.69, 9.17) is 4.98 Å². The topological polar surface area (TPSA) is 85.2 Å². The number of esters is 1. The van der Waals surface area contributed by atoms with Crippen LogP contribution in [0.3, 0.4) is 0 Å². The van der Waals surface area contributed by atoms with Gasteiger partial charge in [0.25, 0.3) is 5.91 Å². The number of amides is 1. The molecule has 144 valence electrons. The number of piperidine rings is 1. The second-order valence-corrected chi connectivity index (χ2v) is 6.78. The molecule has 1 aliphatic rings. The summed E-state index contributed by atoms with van der Waals surface area (Å²) < 4.78 is 6.60. The van der Waals surface area contributed by atoms with Crippen LogP contribution in [0.15, 0.2) is 30.5 Å². The van der Waals surface area contributed by atoms with Crippen LogP contribution in [0.2, 0.25) is 0 Å². The summed E-state index contributed by atoms with van der Waals surface area (Å²) in [6.07, 6.45) is 4.49. The molecule has 3 rings (SSSR count). The van der Waals surface area contributed by atoms with E-state index in [9.17, 15) is 9.59 Å². The van der Waals surface area contributed by atoms with E-state index in [0.29, 0.717) is 11.5 Å². The fourth-order valence-electron chi connectivity index (χ4n) is 3.33. The predicted octanol–water partition coefficient (Wildman–Crippen LogP) is 1.85. The normalized spacial score (nSPS) is 14.7. The van der Waals surface area contributed by atoms with Gasteiger partial charge in [0, 0.05) is 36.8 Å². The summed E-state index contributed by atoms with van der Waals surface area (Å²) in [5.74, 6) is 0.859. The van der Waals surface area contributed by atoms with Gasteiger partial charge in [-0.25, -0.2) is 4.98 Å². The van der Waals surface area contributed by atoms with Gasteiger partial charge in [-0.2, -0.15) is 0 Å². The van der Waals surface area contributed by atoms with Gasteiger partial charge in [-0.1, -0.05) is 12.1 Å². The summed E-state index contributed by atoms with van der Waals surface area (Å²) in [6, 6.07) is 7.37. The minimum absolute atomic E-state index is 0.160. The number of nitrogens with one attached hydrogen (secondary N) is 2. The number of carbonyl (C=O) groups is 2. The zero-order chi connectivity index (χ0) is 19.2. The number of methoxy groups -OCH3 is 1. The number of benzene rings is 1. The van der Waals surface area contributed by atoms with Crippen molar-refractivity contribution in [2.75, 3.05) is 26.7 Å². The molecule has 0 aliphatic carbocycles. The Balaban J connectivity index is 1.65. The van der Waals surface area contributed by atoms with Crippen LogP contribution in [-0.4, -0.2) is 48.2 Å². The van der Waals surface area contributed by atoms with Crippen molar-refractivity contribution < 1.29 is 14.3 Å². The van der Waals surface area contributed by atoms with Gasteiger partial charge in [0.15, 0.2) is 0 Å². The molecule has 2 heterocycles. The first-order valence-corrected chi connectivity index (χ1v) is 9.28. The number of aryl methyl sites for hydroxylation is 1. The number of rotatable bonds is 6. The van der Waals surface area contributed by atoms with Crippen molar-refractivity contribution in [3.8, 4) is 11.4 Å². The van der Waals surface area contributed by atoms with Crippen molar-refractivity contribution in [2.24, 2.45) is 7.05 Å². The Bertz CT molecular complexity index is 792. The van der Waals surface area contributed by atoms with Crippen LogP contribution in [0.1, 0.15) is 41.2 Å². The van der Waals surface area contributed by atoms with Crippen LogP contribution in [0.25, 0.3) is 11.4 Å². The molecule has 27 heavy (non-hydrogen) atoms. The smallest absolute Gasteiger partial charge is 0.307 e. The monoisotopic (exact) mass is 370 g/mol. The maximum atomic E-state index is 12.1. The van der Waals surface area contributed by atoms with Crippen molar-refractivity contribution in [3.63, 3.8) is 0 Å². The summed E-state index contributed by atoms with van der Waals surface area (Å²) in [4.78, 5) is 28.1. The number of nitrogens with zero attached hydrogens (tertiary/aromatic N) is 2. The van der Waals surface area contributed by atoms with Crippen LogP contribution < -0.4 is 10.6 Å². The Labute approximate surface area is 159 Å². The third-order valence-electron chi connectivity index (χ3n) is 4.90. The SMILES string of the molecule is COC(=O)CCNC(=O)c1ccc(-c2nc(C3CCNCC3)cn2C)cc1. The molecule has 1 aromatic heterocycles. The average Bonchev–Trinajstić information content (AvgIpc) is 3.10. The number of hydrogen-bond acceptors (Lipinski definition) is 5. The molecule has 0 atom stereocenters. The molecule has 1 amide bonds. The summed E-state index contributed by atoms with van der Waals surface area (Å²) >= 11 is 0. The highest BCUT2D eigenvalue weighted by Crippen LogP contribution is 2.27. The molecular weight excluding hydrogens is 344 g/mol. The molecule has 7 heteroatoms. The third-order valence-corrected chi connectivity index (χ3v) is 4.90. The Morgan fingerprint density at radius 2 is 1.96 bits per heavy atom. The molecule has 0 bridgehead atoms. The maximum Gasteiger partial charge on any atom is 0.307 e. The summed E-state index contributed by atoms with van der Waals surface area (Å²) in [5, 5.41) is 6.10. The van der Waals surface area contributed by atoms with E-state index in [1.807, 2.05) is 23.7 Å². The fourth-order valence-corrected chi connectivity index (χ4v) is 3.33. The van der Waals surface area contributed by atoms with E-state index >= 15 is 0 Å². The molecule has 0 saturated carbocycles. The quantitative estimate of drug-likeness (QED) is 0.758. The van der Waals surface area contributed by atoms with Crippen molar-refractivity contribution >= 4 is 11.9 Å². The third kappa shape index (κ3) is 4.74. The van der Waals surface area contributed by atoms with Gasteiger partial charge >= 0.3 is 5.97 Å². The second kappa shape index (κ2) is 8.81. The zero-order valence-corrected chi connectivity index (χ0v) is 15.8. The van der Waals surface area contributed by atoms with Gasteiger partial charge in [0.05, 0.1) is 19.2 Å². The highest BCUT2D eigenvalue weighted by molar-refractivity contribution is 5.94. The van der Waals surface area contributed by atoms with Crippen molar-refractivity contribution in [2.45, 2.75) is 25.2 Å². The highest BCUT2D eigenvalue weighted by Gasteiger charge is 2.19. The standard InChI is InChI=1S/C20H26N4O3/c1-24-13-17(14-7-10-21-11-8-14)23-19(24)15-3-5-16(6-4-15)20(26)22-12-9-18(25)27-2/h3-6,13-14,21H,7-12H2,1-2H3,(H,22,26). The van der Waals surface area contributed by atoms with Gasteiger partial charge in [-0.05, 0) is 38.1 Å². The molecule has 0 unspecified atom stereocenters. The summed E-state index contributed by atoms with van der Waals surface area (Å²) in [6.45, 7) is 2.33. The molecule has 0 spiro atoms. The van der Waals surface area contributed by atoms with E-state index in [1.165, 1.54) is 7.11 Å². The number of aromatic nitrogens is 2. The van der Waals surface area contributed by atoms with Gasteiger partial charge in [0.2, 0.25) is 0 Å². The van der Waals surface area contributed by atoms with Crippen molar-refractivity contribution in [1.29, 1.82) is 0 Å². The Morgan fingerprint density at radius 3 is 2.63 bits per heavy atom. The van der Waals surface area contributed by atoms with Crippen LogP contribution in [-0.2, 0) is 16.6 Å². The van der Waals surface area contributed by atoms with E-state index < -0.39 is 0 Å². The van der Waals surface area contributed by atoms with E-state index in [-0.39, 0.29) is 24.8 Å². The Hall–Kier alpha value is -2.67. The molecule has 1 aromatic carbocycles. The molecule has 1 aliphatic heterocycles. The first-order valence-electron chi connectivity index (χ1n) is 9.28. The lowest BCUT2D eigenvalue weighted by molar-refractivity contribution is -0.140. The summed E-state index contributed by atoms with van der Waals surface area (Å²) in [7, 11) is 3.33. The van der Waals surface area contributed by atoms with E-state index in [1.54, 1.807) is 12.1 Å². The largest absolute Gasteiger partial charge is 0.469 e. The number of hydrogen-bond donors (Lipinski definition) is 2. The Kier molecular flexibility index (Phi) is 6.24. The zero-order valence-electron chi connectivity index (χ0n) is 15.8. The fraction of sp³-hybridized carbons (Fsp3) is 0.450. The molecular formula is C20H26N4O3. The van der Waals surface area contributed by atoms with Crippen molar-refractivity contribution in [1.82, 2.24) is 20.2 Å². The van der Waals surface area contributed by atoms with Crippen LogP contribution in [0.4, 0.5) is 0 Å². The maximum absolute atomic E-state index is 12.1. The number of carbonyl (C=O) groups excluding carboxylic acids is 2. The number of ether oxygens (including phenoxy) is 1. The van der Waals surface area contributed by atoms with Crippen LogP contribution >= 0.6 is 0 Å². The number of imidazole rings is 1. The Morgan fingerprint density at radius 1 is 1.26 bits per heavy atom. The molecule has 2 aromatic rings. The predicted molar refractivity (Wildman–Crippen MR) is 102 cm³/mol.